The number of anilines is 1. The molecule has 2 aliphatic rings. The van der Waals surface area contributed by atoms with Crippen LogP contribution in [0.3, 0.4) is 0 Å². The third-order valence-corrected chi connectivity index (χ3v) is 6.42. The van der Waals surface area contributed by atoms with Gasteiger partial charge in [0, 0.05) is 75.7 Å². The average Bonchev–Trinajstić information content (AvgIpc) is 3.17. The zero-order valence-corrected chi connectivity index (χ0v) is 19.1. The van der Waals surface area contributed by atoms with Gasteiger partial charge in [-0.2, -0.15) is 0 Å². The molecule has 2 N–H and O–H groups in total. The molecule has 2 saturated heterocycles. The van der Waals surface area contributed by atoms with E-state index in [1.54, 1.807) is 0 Å². The molecule has 2 fully saturated rings. The van der Waals surface area contributed by atoms with E-state index in [0.717, 1.165) is 63.2 Å². The summed E-state index contributed by atoms with van der Waals surface area (Å²) < 4.78 is 0. The highest BCUT2D eigenvalue weighted by Crippen LogP contribution is 2.23. The monoisotopic (exact) mass is 420 g/mol. The van der Waals surface area contributed by atoms with E-state index in [4.69, 9.17) is 11.6 Å². The molecule has 2 aliphatic heterocycles. The van der Waals surface area contributed by atoms with Crippen LogP contribution in [0.1, 0.15) is 20.3 Å². The number of aliphatic imine (C=N–C) groups is 1. The molecule has 162 valence electrons. The minimum absolute atomic E-state index is 0.390. The highest BCUT2D eigenvalue weighted by molar-refractivity contribution is 6.30. The third-order valence-electron chi connectivity index (χ3n) is 6.18. The molecule has 2 heterocycles. The van der Waals surface area contributed by atoms with Crippen LogP contribution in [0.2, 0.25) is 5.02 Å². The van der Waals surface area contributed by atoms with Gasteiger partial charge in [0.1, 0.15) is 0 Å². The van der Waals surface area contributed by atoms with Gasteiger partial charge in [0.25, 0.3) is 0 Å². The first-order valence-electron chi connectivity index (χ1n) is 10.9. The lowest BCUT2D eigenvalue weighted by atomic mass is 10.0. The van der Waals surface area contributed by atoms with Crippen LogP contribution in [0.4, 0.5) is 5.69 Å². The number of likely N-dealkylation sites (N-methyl/N-ethyl adjacent to an activating group) is 1. The lowest BCUT2D eigenvalue weighted by molar-refractivity contribution is 0.0900. The Bertz CT molecular complexity index is 671. The molecule has 0 bridgehead atoms. The standard InChI is InChI=1S/C22H37ClN6/c1-17(2)21(28-12-10-27(4)11-13-28)15-25-22(24-3)26-19-8-9-29(16-19)20-7-5-6-18(23)14-20/h5-7,14,17,19,21H,8-13,15-16H2,1-4H3,(H2,24,25,26). The summed E-state index contributed by atoms with van der Waals surface area (Å²) in [5.41, 5.74) is 1.19. The molecule has 29 heavy (non-hydrogen) atoms. The van der Waals surface area contributed by atoms with Gasteiger partial charge in [-0.3, -0.25) is 9.89 Å². The van der Waals surface area contributed by atoms with Gasteiger partial charge < -0.3 is 20.4 Å². The smallest absolute Gasteiger partial charge is 0.191 e. The second-order valence-electron chi connectivity index (χ2n) is 8.66. The summed E-state index contributed by atoms with van der Waals surface area (Å²) in [6.07, 6.45) is 1.10. The number of hydrogen-bond donors (Lipinski definition) is 2. The number of benzene rings is 1. The van der Waals surface area contributed by atoms with E-state index in [9.17, 15) is 0 Å². The number of hydrogen-bond acceptors (Lipinski definition) is 4. The predicted molar refractivity (Wildman–Crippen MR) is 124 cm³/mol. The minimum Gasteiger partial charge on any atom is -0.369 e. The molecule has 1 aromatic carbocycles. The summed E-state index contributed by atoms with van der Waals surface area (Å²) in [6.45, 7) is 12.1. The van der Waals surface area contributed by atoms with Crippen LogP contribution < -0.4 is 15.5 Å². The van der Waals surface area contributed by atoms with Crippen molar-refractivity contribution >= 4 is 23.2 Å². The Kier molecular flexibility index (Phi) is 8.04. The van der Waals surface area contributed by atoms with Gasteiger partial charge in [0.05, 0.1) is 0 Å². The summed E-state index contributed by atoms with van der Waals surface area (Å²) in [4.78, 5) is 11.9. The molecule has 6 nitrogen and oxygen atoms in total. The van der Waals surface area contributed by atoms with Crippen LogP contribution in [0.25, 0.3) is 0 Å². The first-order chi connectivity index (χ1) is 14.0. The molecular weight excluding hydrogens is 384 g/mol. The highest BCUT2D eigenvalue weighted by atomic mass is 35.5. The molecule has 3 rings (SSSR count). The third kappa shape index (κ3) is 6.24. The Morgan fingerprint density at radius 2 is 1.97 bits per heavy atom. The second kappa shape index (κ2) is 10.5. The number of piperazine rings is 1. The van der Waals surface area contributed by atoms with Gasteiger partial charge in [-0.1, -0.05) is 31.5 Å². The van der Waals surface area contributed by atoms with E-state index in [-0.39, 0.29) is 0 Å². The van der Waals surface area contributed by atoms with Crippen molar-refractivity contribution in [3.05, 3.63) is 29.3 Å². The summed E-state index contributed by atoms with van der Waals surface area (Å²) in [7, 11) is 4.07. The zero-order chi connectivity index (χ0) is 20.8. The summed E-state index contributed by atoms with van der Waals surface area (Å²) in [5, 5.41) is 8.01. The van der Waals surface area contributed by atoms with Crippen molar-refractivity contribution in [3.8, 4) is 0 Å². The van der Waals surface area contributed by atoms with Gasteiger partial charge in [-0.05, 0) is 37.6 Å². The maximum absolute atomic E-state index is 6.16. The molecule has 0 radical (unpaired) electrons. The van der Waals surface area contributed by atoms with Gasteiger partial charge in [0.2, 0.25) is 0 Å². The molecule has 2 atom stereocenters. The van der Waals surface area contributed by atoms with Gasteiger partial charge >= 0.3 is 0 Å². The fourth-order valence-electron chi connectivity index (χ4n) is 4.31. The van der Waals surface area contributed by atoms with Crippen molar-refractivity contribution in [1.29, 1.82) is 0 Å². The Morgan fingerprint density at radius 1 is 1.21 bits per heavy atom. The van der Waals surface area contributed by atoms with Crippen LogP contribution in [-0.4, -0.2) is 87.8 Å². The van der Waals surface area contributed by atoms with Gasteiger partial charge in [-0.15, -0.1) is 0 Å². The van der Waals surface area contributed by atoms with E-state index in [0.29, 0.717) is 18.0 Å². The first-order valence-corrected chi connectivity index (χ1v) is 11.2. The molecular formula is C22H37ClN6. The van der Waals surface area contributed by atoms with Crippen LogP contribution in [0.15, 0.2) is 29.3 Å². The van der Waals surface area contributed by atoms with Crippen LogP contribution >= 0.6 is 11.6 Å². The van der Waals surface area contributed by atoms with Crippen molar-refractivity contribution in [2.75, 3.05) is 64.8 Å². The number of nitrogens with one attached hydrogen (secondary N) is 2. The van der Waals surface area contributed by atoms with Crippen molar-refractivity contribution < 1.29 is 0 Å². The van der Waals surface area contributed by atoms with E-state index in [1.807, 2.05) is 25.2 Å². The average molecular weight is 421 g/mol. The molecule has 7 heteroatoms. The second-order valence-corrected chi connectivity index (χ2v) is 9.10. The quantitative estimate of drug-likeness (QED) is 0.546. The Hall–Kier alpha value is -1.50. The van der Waals surface area contributed by atoms with Crippen LogP contribution in [-0.2, 0) is 0 Å². The number of rotatable bonds is 6. The summed E-state index contributed by atoms with van der Waals surface area (Å²) >= 11 is 6.16. The summed E-state index contributed by atoms with van der Waals surface area (Å²) in [6, 6.07) is 9.03. The van der Waals surface area contributed by atoms with E-state index in [2.05, 4.69) is 57.3 Å². The zero-order valence-electron chi connectivity index (χ0n) is 18.4. The topological polar surface area (TPSA) is 46.1 Å². The first kappa shape index (κ1) is 22.2. The minimum atomic E-state index is 0.390. The van der Waals surface area contributed by atoms with E-state index in [1.165, 1.54) is 5.69 Å². The SMILES string of the molecule is CN=C(NCC(C(C)C)N1CCN(C)CC1)NC1CCN(c2cccc(Cl)c2)C1. The molecule has 0 spiro atoms. The van der Waals surface area contributed by atoms with Gasteiger partial charge in [0.15, 0.2) is 5.96 Å². The number of halogens is 1. The lowest BCUT2D eigenvalue weighted by Crippen LogP contribution is -2.55. The highest BCUT2D eigenvalue weighted by Gasteiger charge is 2.26. The molecule has 2 unspecified atom stereocenters. The Balaban J connectivity index is 1.50. The normalized spacial score (nSPS) is 22.9. The molecule has 0 aliphatic carbocycles. The Morgan fingerprint density at radius 3 is 2.62 bits per heavy atom. The fourth-order valence-corrected chi connectivity index (χ4v) is 4.50. The molecule has 0 aromatic heterocycles. The number of nitrogens with zero attached hydrogens (tertiary/aromatic N) is 4. The lowest BCUT2D eigenvalue weighted by Gasteiger charge is -2.40. The van der Waals surface area contributed by atoms with Crippen LogP contribution in [0.5, 0.6) is 0 Å². The van der Waals surface area contributed by atoms with Crippen molar-refractivity contribution in [2.45, 2.75) is 32.4 Å². The van der Waals surface area contributed by atoms with Crippen molar-refractivity contribution in [3.63, 3.8) is 0 Å². The van der Waals surface area contributed by atoms with Crippen LogP contribution in [0, 0.1) is 5.92 Å². The van der Waals surface area contributed by atoms with E-state index < -0.39 is 0 Å². The molecule has 0 amide bonds. The van der Waals surface area contributed by atoms with Gasteiger partial charge in [-0.25, -0.2) is 0 Å². The molecule has 1 aromatic rings. The van der Waals surface area contributed by atoms with Crippen molar-refractivity contribution in [2.24, 2.45) is 10.9 Å². The maximum Gasteiger partial charge on any atom is 0.191 e. The summed E-state index contributed by atoms with van der Waals surface area (Å²) in [5.74, 6) is 1.51. The predicted octanol–water partition coefficient (Wildman–Crippen LogP) is 2.36. The maximum atomic E-state index is 6.16. The van der Waals surface area contributed by atoms with Crippen molar-refractivity contribution in [1.82, 2.24) is 20.4 Å². The largest absolute Gasteiger partial charge is 0.369 e. The molecule has 0 saturated carbocycles. The number of guanidine groups is 1. The fraction of sp³-hybridized carbons (Fsp3) is 0.682. The Labute approximate surface area is 181 Å². The van der Waals surface area contributed by atoms with E-state index >= 15 is 0 Å².